The third kappa shape index (κ3) is 4.48. The van der Waals surface area contributed by atoms with Crippen LogP contribution in [0.4, 0.5) is 9.59 Å². The maximum absolute atomic E-state index is 12.4. The van der Waals surface area contributed by atoms with Gasteiger partial charge < -0.3 is 24.4 Å². The summed E-state index contributed by atoms with van der Waals surface area (Å²) >= 11 is 0. The van der Waals surface area contributed by atoms with Crippen LogP contribution in [-0.4, -0.2) is 54.2 Å². The molecule has 0 saturated carbocycles. The van der Waals surface area contributed by atoms with Crippen LogP contribution < -0.4 is 5.32 Å². The number of nitrogens with zero attached hydrogens (tertiary/aromatic N) is 1. The van der Waals surface area contributed by atoms with Gasteiger partial charge in [0.2, 0.25) is 0 Å². The van der Waals surface area contributed by atoms with E-state index in [1.807, 2.05) is 18.2 Å². The second-order valence-electron chi connectivity index (χ2n) is 7.25. The minimum absolute atomic E-state index is 0.0707. The van der Waals surface area contributed by atoms with E-state index in [0.29, 0.717) is 0 Å². The lowest BCUT2D eigenvalue weighted by Gasteiger charge is -2.36. The van der Waals surface area contributed by atoms with E-state index >= 15 is 0 Å². The lowest BCUT2D eigenvalue weighted by molar-refractivity contribution is -0.209. The van der Waals surface area contributed by atoms with Gasteiger partial charge in [-0.3, -0.25) is 0 Å². The van der Waals surface area contributed by atoms with E-state index < -0.39 is 41.9 Å². The Hall–Kier alpha value is -2.81. The molecule has 9 heteroatoms. The molecule has 2 amide bonds. The minimum atomic E-state index is -1.03. The molecule has 3 rings (SSSR count). The Bertz CT molecular complexity index is 716. The van der Waals surface area contributed by atoms with Crippen molar-refractivity contribution >= 4 is 18.2 Å². The first-order chi connectivity index (χ1) is 12.7. The van der Waals surface area contributed by atoms with Gasteiger partial charge in [-0.05, 0) is 26.3 Å². The number of cyclic esters (lactones) is 1. The highest BCUT2D eigenvalue weighted by molar-refractivity contribution is 5.80. The van der Waals surface area contributed by atoms with E-state index in [9.17, 15) is 14.4 Å². The molecule has 9 nitrogen and oxygen atoms in total. The molecule has 27 heavy (non-hydrogen) atoms. The van der Waals surface area contributed by atoms with E-state index in [1.165, 1.54) is 0 Å². The first-order valence-electron chi connectivity index (χ1n) is 8.58. The van der Waals surface area contributed by atoms with Gasteiger partial charge in [0.05, 0.1) is 12.6 Å². The molecule has 1 aromatic carbocycles. The first kappa shape index (κ1) is 19.0. The molecule has 0 radical (unpaired) electrons. The number of amides is 2. The summed E-state index contributed by atoms with van der Waals surface area (Å²) in [5, 5.41) is 3.45. The fourth-order valence-corrected chi connectivity index (χ4v) is 2.66. The van der Waals surface area contributed by atoms with Crippen LogP contribution in [0, 0.1) is 0 Å². The lowest BCUT2D eigenvalue weighted by atomic mass is 10.1. The summed E-state index contributed by atoms with van der Waals surface area (Å²) in [5.74, 6) is -0.790. The van der Waals surface area contributed by atoms with Crippen molar-refractivity contribution in [3.05, 3.63) is 35.9 Å². The maximum atomic E-state index is 12.4. The molecular formula is C18H22N2O7. The number of alkyl carbamates (subject to hydrolysis) is 1. The normalized spacial score (nSPS) is 24.6. The quantitative estimate of drug-likeness (QED) is 0.854. The monoisotopic (exact) mass is 378 g/mol. The van der Waals surface area contributed by atoms with Crippen LogP contribution in [0.2, 0.25) is 0 Å². The summed E-state index contributed by atoms with van der Waals surface area (Å²) in [6, 6.07) is 7.94. The van der Waals surface area contributed by atoms with Crippen LogP contribution in [0.3, 0.4) is 0 Å². The SMILES string of the molecule is CC(C)(C)OC(=O)N[C@H]1CO[C@H]1C(=O)ON1C(=O)OC[C@H]1c1ccccc1. The van der Waals surface area contributed by atoms with Gasteiger partial charge in [-0.1, -0.05) is 30.3 Å². The number of benzene rings is 1. The summed E-state index contributed by atoms with van der Waals surface area (Å²) in [6.07, 6.45) is -2.44. The van der Waals surface area contributed by atoms with Gasteiger partial charge in [-0.2, -0.15) is 0 Å². The summed E-state index contributed by atoms with van der Waals surface area (Å²) < 4.78 is 15.3. The average Bonchev–Trinajstić information content (AvgIpc) is 2.92. The molecule has 2 saturated heterocycles. The Morgan fingerprint density at radius 3 is 2.48 bits per heavy atom. The van der Waals surface area contributed by atoms with Crippen LogP contribution >= 0.6 is 0 Å². The summed E-state index contributed by atoms with van der Waals surface area (Å²) in [4.78, 5) is 41.4. The maximum Gasteiger partial charge on any atom is 0.444 e. The summed E-state index contributed by atoms with van der Waals surface area (Å²) in [7, 11) is 0. The zero-order valence-electron chi connectivity index (χ0n) is 15.3. The number of hydrogen-bond acceptors (Lipinski definition) is 7. The van der Waals surface area contributed by atoms with Crippen LogP contribution in [-0.2, 0) is 23.8 Å². The van der Waals surface area contributed by atoms with E-state index in [2.05, 4.69) is 5.32 Å². The molecular weight excluding hydrogens is 356 g/mol. The third-order valence-corrected chi connectivity index (χ3v) is 3.96. The standard InChI is InChI=1S/C18H22N2O7/c1-18(2,3)26-16(22)19-12-9-24-14(12)15(21)27-20-13(10-25-17(20)23)11-7-5-4-6-8-11/h4-8,12-14H,9-10H2,1-3H3,(H,19,22)/t12-,13-,14+/m0/s1. The molecule has 1 N–H and O–H groups in total. The molecule has 0 aromatic heterocycles. The molecule has 0 aliphatic carbocycles. The number of nitrogens with one attached hydrogen (secondary N) is 1. The van der Waals surface area contributed by atoms with Gasteiger partial charge in [-0.25, -0.2) is 14.4 Å². The molecule has 0 unspecified atom stereocenters. The van der Waals surface area contributed by atoms with Crippen molar-refractivity contribution < 1.29 is 33.4 Å². The zero-order chi connectivity index (χ0) is 19.6. The Labute approximate surface area is 156 Å². The van der Waals surface area contributed by atoms with Crippen molar-refractivity contribution in [3.63, 3.8) is 0 Å². The average molecular weight is 378 g/mol. The fraction of sp³-hybridized carbons (Fsp3) is 0.500. The van der Waals surface area contributed by atoms with Crippen LogP contribution in [0.25, 0.3) is 0 Å². The van der Waals surface area contributed by atoms with Crippen molar-refractivity contribution in [2.24, 2.45) is 0 Å². The zero-order valence-corrected chi connectivity index (χ0v) is 15.3. The molecule has 2 heterocycles. The van der Waals surface area contributed by atoms with Crippen molar-refractivity contribution in [1.29, 1.82) is 0 Å². The van der Waals surface area contributed by atoms with Gasteiger partial charge >= 0.3 is 18.2 Å². The molecule has 2 aliphatic heterocycles. The Kier molecular flexibility index (Phi) is 5.22. The second-order valence-corrected chi connectivity index (χ2v) is 7.25. The van der Waals surface area contributed by atoms with Crippen molar-refractivity contribution in [2.45, 2.75) is 44.6 Å². The fourth-order valence-electron chi connectivity index (χ4n) is 2.66. The van der Waals surface area contributed by atoms with Crippen LogP contribution in [0.15, 0.2) is 30.3 Å². The van der Waals surface area contributed by atoms with E-state index in [1.54, 1.807) is 32.9 Å². The number of rotatable bonds is 4. The summed E-state index contributed by atoms with van der Waals surface area (Å²) in [5.41, 5.74) is 0.113. The molecule has 0 spiro atoms. The Morgan fingerprint density at radius 1 is 1.19 bits per heavy atom. The largest absolute Gasteiger partial charge is 0.445 e. The summed E-state index contributed by atoms with van der Waals surface area (Å²) in [6.45, 7) is 5.42. The molecule has 1 aromatic rings. The predicted octanol–water partition coefficient (Wildman–Crippen LogP) is 1.93. The molecule has 0 bridgehead atoms. The minimum Gasteiger partial charge on any atom is -0.445 e. The predicted molar refractivity (Wildman–Crippen MR) is 91.4 cm³/mol. The van der Waals surface area contributed by atoms with Gasteiger partial charge in [0, 0.05) is 0 Å². The topological polar surface area (TPSA) is 103 Å². The van der Waals surface area contributed by atoms with E-state index in [-0.39, 0.29) is 13.2 Å². The van der Waals surface area contributed by atoms with Crippen LogP contribution in [0.5, 0.6) is 0 Å². The van der Waals surface area contributed by atoms with Gasteiger partial charge in [0.25, 0.3) is 0 Å². The molecule has 3 atom stereocenters. The smallest absolute Gasteiger partial charge is 0.444 e. The third-order valence-electron chi connectivity index (χ3n) is 3.96. The van der Waals surface area contributed by atoms with Gasteiger partial charge in [-0.15, -0.1) is 5.06 Å². The first-order valence-corrected chi connectivity index (χ1v) is 8.58. The lowest BCUT2D eigenvalue weighted by Crippen LogP contribution is -2.60. The van der Waals surface area contributed by atoms with Crippen LogP contribution in [0.1, 0.15) is 32.4 Å². The highest BCUT2D eigenvalue weighted by Crippen LogP contribution is 2.29. The number of ether oxygens (including phenoxy) is 3. The number of hydrogen-bond donors (Lipinski definition) is 1. The Balaban J connectivity index is 1.59. The highest BCUT2D eigenvalue weighted by Gasteiger charge is 2.45. The molecule has 146 valence electrons. The van der Waals surface area contributed by atoms with E-state index in [0.717, 1.165) is 10.6 Å². The van der Waals surface area contributed by atoms with Crippen molar-refractivity contribution in [2.75, 3.05) is 13.2 Å². The van der Waals surface area contributed by atoms with E-state index in [4.69, 9.17) is 19.0 Å². The van der Waals surface area contributed by atoms with Crippen molar-refractivity contribution in [1.82, 2.24) is 10.4 Å². The van der Waals surface area contributed by atoms with Gasteiger partial charge in [0.1, 0.15) is 18.2 Å². The second kappa shape index (κ2) is 7.43. The molecule has 2 aliphatic rings. The molecule has 2 fully saturated rings. The number of carbonyl (C=O) groups is 3. The number of carbonyl (C=O) groups excluding carboxylic acids is 3. The Morgan fingerprint density at radius 2 is 1.89 bits per heavy atom. The van der Waals surface area contributed by atoms with Crippen molar-refractivity contribution in [3.8, 4) is 0 Å². The highest BCUT2D eigenvalue weighted by atomic mass is 16.8. The number of hydroxylamine groups is 2. The van der Waals surface area contributed by atoms with Gasteiger partial charge in [0.15, 0.2) is 6.10 Å².